The molecule has 1 aliphatic rings. The van der Waals surface area contributed by atoms with E-state index >= 15 is 0 Å². The van der Waals surface area contributed by atoms with Crippen LogP contribution in [0.5, 0.6) is 5.75 Å². The van der Waals surface area contributed by atoms with Crippen LogP contribution in [-0.4, -0.2) is 43.7 Å². The first-order valence-electron chi connectivity index (χ1n) is 9.14. The van der Waals surface area contributed by atoms with Gasteiger partial charge in [-0.2, -0.15) is 0 Å². The molecule has 1 saturated heterocycles. The van der Waals surface area contributed by atoms with Gasteiger partial charge in [-0.25, -0.2) is 0 Å². The molecule has 0 aliphatic carbocycles. The average Bonchev–Trinajstić information content (AvgIpc) is 2.69. The van der Waals surface area contributed by atoms with Gasteiger partial charge in [-0.15, -0.1) is 0 Å². The maximum absolute atomic E-state index is 12.1. The molecule has 1 fully saturated rings. The summed E-state index contributed by atoms with van der Waals surface area (Å²) in [5.74, 6) is 0.614. The van der Waals surface area contributed by atoms with Crippen molar-refractivity contribution in [3.05, 3.63) is 59.7 Å². The molecule has 1 aliphatic heterocycles. The lowest BCUT2D eigenvalue weighted by molar-refractivity contribution is -0.118. The first kappa shape index (κ1) is 18.4. The summed E-state index contributed by atoms with van der Waals surface area (Å²) < 4.78 is 11.0. The lowest BCUT2D eigenvalue weighted by atomic mass is 10.1. The van der Waals surface area contributed by atoms with Crippen molar-refractivity contribution >= 4 is 11.6 Å². The quantitative estimate of drug-likeness (QED) is 0.830. The lowest BCUT2D eigenvalue weighted by Gasteiger charge is -2.26. The summed E-state index contributed by atoms with van der Waals surface area (Å²) in [6.07, 6.45) is 0.877. The third-order valence-corrected chi connectivity index (χ3v) is 4.46. The number of benzene rings is 2. The zero-order valence-corrected chi connectivity index (χ0v) is 15.2. The van der Waals surface area contributed by atoms with E-state index in [0.717, 1.165) is 56.3 Å². The van der Waals surface area contributed by atoms with E-state index in [0.29, 0.717) is 0 Å². The Morgan fingerprint density at radius 3 is 2.58 bits per heavy atom. The van der Waals surface area contributed by atoms with Gasteiger partial charge in [0.2, 0.25) is 0 Å². The summed E-state index contributed by atoms with van der Waals surface area (Å²) in [5.41, 5.74) is 3.12. The number of morpholine rings is 1. The van der Waals surface area contributed by atoms with Crippen molar-refractivity contribution in [1.29, 1.82) is 0 Å². The highest BCUT2D eigenvalue weighted by Gasteiger charge is 2.11. The van der Waals surface area contributed by atoms with Crippen molar-refractivity contribution in [2.45, 2.75) is 19.9 Å². The number of carbonyl (C=O) groups excluding carboxylic acids is 1. The molecule has 138 valence electrons. The van der Waals surface area contributed by atoms with Crippen molar-refractivity contribution in [2.24, 2.45) is 0 Å². The molecule has 5 nitrogen and oxygen atoms in total. The van der Waals surface area contributed by atoms with E-state index in [2.05, 4.69) is 29.3 Å². The molecule has 1 heterocycles. The number of nitrogens with one attached hydrogen (secondary N) is 1. The molecule has 0 aromatic heterocycles. The molecule has 2 aromatic carbocycles. The molecule has 26 heavy (non-hydrogen) atoms. The molecule has 2 aromatic rings. The van der Waals surface area contributed by atoms with Crippen molar-refractivity contribution in [2.75, 3.05) is 38.2 Å². The second kappa shape index (κ2) is 9.36. The minimum absolute atomic E-state index is 0.00649. The van der Waals surface area contributed by atoms with Gasteiger partial charge in [0.1, 0.15) is 5.75 Å². The molecule has 0 saturated carbocycles. The second-order valence-corrected chi connectivity index (χ2v) is 6.38. The van der Waals surface area contributed by atoms with Crippen molar-refractivity contribution in [3.63, 3.8) is 0 Å². The number of nitrogens with zero attached hydrogens (tertiary/aromatic N) is 1. The van der Waals surface area contributed by atoms with E-state index in [4.69, 9.17) is 9.47 Å². The van der Waals surface area contributed by atoms with E-state index in [-0.39, 0.29) is 12.5 Å². The van der Waals surface area contributed by atoms with Crippen LogP contribution in [0.2, 0.25) is 0 Å². The molecular weight excluding hydrogens is 328 g/mol. The highest BCUT2D eigenvalue weighted by Crippen LogP contribution is 2.18. The van der Waals surface area contributed by atoms with Gasteiger partial charge in [-0.05, 0) is 35.7 Å². The summed E-state index contributed by atoms with van der Waals surface area (Å²) in [5, 5.41) is 2.88. The number of hydrogen-bond donors (Lipinski definition) is 1. The van der Waals surface area contributed by atoms with Crippen LogP contribution in [0, 0.1) is 0 Å². The molecule has 0 radical (unpaired) electrons. The van der Waals surface area contributed by atoms with Gasteiger partial charge in [0.05, 0.1) is 13.2 Å². The molecule has 0 bridgehead atoms. The van der Waals surface area contributed by atoms with Crippen molar-refractivity contribution < 1.29 is 14.3 Å². The van der Waals surface area contributed by atoms with Crippen LogP contribution >= 0.6 is 0 Å². The van der Waals surface area contributed by atoms with Crippen LogP contribution < -0.4 is 10.1 Å². The van der Waals surface area contributed by atoms with Crippen LogP contribution in [-0.2, 0) is 22.5 Å². The number of carbonyl (C=O) groups is 1. The molecule has 5 heteroatoms. The minimum atomic E-state index is -0.156. The molecule has 1 amide bonds. The normalized spacial score (nSPS) is 14.8. The Hall–Kier alpha value is -2.37. The predicted molar refractivity (Wildman–Crippen MR) is 102 cm³/mol. The van der Waals surface area contributed by atoms with E-state index in [9.17, 15) is 4.79 Å². The van der Waals surface area contributed by atoms with Crippen LogP contribution in [0.3, 0.4) is 0 Å². The van der Waals surface area contributed by atoms with Crippen LogP contribution in [0.4, 0.5) is 5.69 Å². The Morgan fingerprint density at radius 2 is 1.85 bits per heavy atom. The highest BCUT2D eigenvalue weighted by molar-refractivity contribution is 5.91. The fourth-order valence-electron chi connectivity index (χ4n) is 2.99. The summed E-state index contributed by atoms with van der Waals surface area (Å²) >= 11 is 0. The Balaban J connectivity index is 1.48. The van der Waals surface area contributed by atoms with Gasteiger partial charge in [0, 0.05) is 25.3 Å². The summed E-state index contributed by atoms with van der Waals surface area (Å²) in [6, 6.07) is 15.8. The maximum atomic E-state index is 12.1. The number of aryl methyl sites for hydroxylation is 1. The van der Waals surface area contributed by atoms with Gasteiger partial charge in [0.25, 0.3) is 5.91 Å². The smallest absolute Gasteiger partial charge is 0.262 e. The zero-order chi connectivity index (χ0) is 18.2. The second-order valence-electron chi connectivity index (χ2n) is 6.38. The van der Waals surface area contributed by atoms with Crippen LogP contribution in [0.15, 0.2) is 48.5 Å². The number of ether oxygens (including phenoxy) is 2. The molecule has 0 unspecified atom stereocenters. The monoisotopic (exact) mass is 354 g/mol. The third kappa shape index (κ3) is 5.31. The molecule has 0 spiro atoms. The summed E-state index contributed by atoms with van der Waals surface area (Å²) in [4.78, 5) is 14.5. The predicted octanol–water partition coefficient (Wildman–Crippen LogP) is 3.10. The van der Waals surface area contributed by atoms with Crippen LogP contribution in [0.1, 0.15) is 18.1 Å². The largest absolute Gasteiger partial charge is 0.483 e. The highest BCUT2D eigenvalue weighted by atomic mass is 16.5. The van der Waals surface area contributed by atoms with E-state index in [1.807, 2.05) is 36.4 Å². The van der Waals surface area contributed by atoms with E-state index < -0.39 is 0 Å². The van der Waals surface area contributed by atoms with Gasteiger partial charge < -0.3 is 14.8 Å². The first-order chi connectivity index (χ1) is 12.7. The van der Waals surface area contributed by atoms with Gasteiger partial charge >= 0.3 is 0 Å². The fourth-order valence-corrected chi connectivity index (χ4v) is 2.99. The topological polar surface area (TPSA) is 50.8 Å². The van der Waals surface area contributed by atoms with E-state index in [1.54, 1.807) is 0 Å². The van der Waals surface area contributed by atoms with Gasteiger partial charge in [-0.1, -0.05) is 37.3 Å². The average molecular weight is 354 g/mol. The Kier molecular flexibility index (Phi) is 6.63. The lowest BCUT2D eigenvalue weighted by Crippen LogP contribution is -2.35. The van der Waals surface area contributed by atoms with E-state index in [1.165, 1.54) is 5.56 Å². The number of hydrogen-bond acceptors (Lipinski definition) is 4. The van der Waals surface area contributed by atoms with Crippen molar-refractivity contribution in [1.82, 2.24) is 4.90 Å². The van der Waals surface area contributed by atoms with Gasteiger partial charge in [0.15, 0.2) is 6.61 Å². The molecule has 3 rings (SSSR count). The minimum Gasteiger partial charge on any atom is -0.483 e. The Bertz CT molecular complexity index is 709. The number of rotatable bonds is 7. The first-order valence-corrected chi connectivity index (χ1v) is 9.14. The zero-order valence-electron chi connectivity index (χ0n) is 15.2. The summed E-state index contributed by atoms with van der Waals surface area (Å²) in [7, 11) is 0. The standard InChI is InChI=1S/C21H26N2O3/c1-2-18-5-3-4-6-20(18)26-16-21(24)22-19-9-7-17(8-10-19)15-23-11-13-25-14-12-23/h3-10H,2,11-16H2,1H3,(H,22,24). The Morgan fingerprint density at radius 1 is 1.12 bits per heavy atom. The van der Waals surface area contributed by atoms with Crippen LogP contribution in [0.25, 0.3) is 0 Å². The third-order valence-electron chi connectivity index (χ3n) is 4.46. The van der Waals surface area contributed by atoms with Gasteiger partial charge in [-0.3, -0.25) is 9.69 Å². The number of para-hydroxylation sites is 1. The van der Waals surface area contributed by atoms with Crippen molar-refractivity contribution in [3.8, 4) is 5.75 Å². The SMILES string of the molecule is CCc1ccccc1OCC(=O)Nc1ccc(CN2CCOCC2)cc1. The summed E-state index contributed by atoms with van der Waals surface area (Å²) in [6.45, 7) is 6.52. The molecular formula is C21H26N2O3. The maximum Gasteiger partial charge on any atom is 0.262 e. The molecule has 0 atom stereocenters. The fraction of sp³-hybridized carbons (Fsp3) is 0.381. The number of amides is 1. The molecule has 1 N–H and O–H groups in total. The number of anilines is 1. The Labute approximate surface area is 154 Å².